The van der Waals surface area contributed by atoms with Crippen molar-refractivity contribution in [2.75, 3.05) is 61.4 Å². The molecule has 0 bridgehead atoms. The van der Waals surface area contributed by atoms with Crippen LogP contribution >= 0.6 is 0 Å². The molecule has 3 atom stereocenters. The normalized spacial score (nSPS) is 13.3. The van der Waals surface area contributed by atoms with E-state index < -0.39 is 118 Å². The molecule has 0 spiro atoms. The van der Waals surface area contributed by atoms with Gasteiger partial charge in [-0.25, -0.2) is 13.2 Å². The zero-order valence-electron chi connectivity index (χ0n) is 40.0. The van der Waals surface area contributed by atoms with E-state index in [1.165, 1.54) is 4.74 Å². The molecule has 0 saturated carbocycles. The first-order chi connectivity index (χ1) is 34.6. The molecular formula is C39H52F32O6. The van der Waals surface area contributed by atoms with Crippen LogP contribution in [0.5, 0.6) is 0 Å². The molecule has 0 aliphatic rings. The molecule has 0 aliphatic carbocycles. The van der Waals surface area contributed by atoms with E-state index in [9.17, 15) is 140 Å². The molecule has 0 aliphatic heterocycles. The predicted molar refractivity (Wildman–Crippen MR) is 216 cm³/mol. The van der Waals surface area contributed by atoms with E-state index >= 15 is 0 Å². The largest absolute Gasteiger partial charge is 0.495 e. The van der Waals surface area contributed by atoms with Gasteiger partial charge in [-0.3, -0.25) is 22.6 Å². The summed E-state index contributed by atoms with van der Waals surface area (Å²) in [6, 6.07) is 0. The van der Waals surface area contributed by atoms with Crippen LogP contribution < -0.4 is 0 Å². The summed E-state index contributed by atoms with van der Waals surface area (Å²) >= 11 is 0. The summed E-state index contributed by atoms with van der Waals surface area (Å²) in [6.45, 7) is 23.3. The fourth-order valence-corrected chi connectivity index (χ4v) is 2.08. The lowest BCUT2D eigenvalue weighted by Crippen LogP contribution is -2.67. The molecule has 0 heterocycles. The highest BCUT2D eigenvalue weighted by Gasteiger charge is 2.85. The van der Waals surface area contributed by atoms with Crippen LogP contribution in [0.3, 0.4) is 0 Å². The Bertz CT molecular complexity index is 1410. The van der Waals surface area contributed by atoms with Crippen molar-refractivity contribution < 1.29 is 169 Å². The standard InChI is InChI=1S/C11H5F17O3.C6H9F3O.2C5H7F3O.C3H3F3.3C2H4.3CH3F/c1-2-29-3-4(12,7(16,17)18)30-11(27,28)6(15,9(22,23)24)31-10(25,26)5(13,14)8(19,20)21;1-3-10-5(2)6(8,9)4-7;2*1-2-9-4-5(7,8)3-6;1-2-3(4,5)6;6*1-2/h2H,1,3H2;3,5H,1,4H2,2H3;2*2H,1,3-4H2;2H,1H2;3*1-2H2;3*1H3. The Balaban J connectivity index is -0.0000000860. The summed E-state index contributed by atoms with van der Waals surface area (Å²) in [5.41, 5.74) is 0. The Hall–Kier alpha value is -5.20. The Labute approximate surface area is 419 Å². The van der Waals surface area contributed by atoms with E-state index in [1.54, 1.807) is 0 Å². The third-order valence-corrected chi connectivity index (χ3v) is 5.35. The summed E-state index contributed by atoms with van der Waals surface area (Å²) in [4.78, 5) is 0. The molecule has 0 aromatic heterocycles. The Morgan fingerprint density at radius 2 is 0.675 bits per heavy atom. The van der Waals surface area contributed by atoms with Gasteiger partial charge in [0, 0.05) is 6.08 Å². The van der Waals surface area contributed by atoms with E-state index in [0.29, 0.717) is 21.5 Å². The highest BCUT2D eigenvalue weighted by Crippen LogP contribution is 2.56. The van der Waals surface area contributed by atoms with Gasteiger partial charge in [0.25, 0.3) is 0 Å². The van der Waals surface area contributed by atoms with E-state index in [2.05, 4.69) is 91.3 Å². The maximum Gasteiger partial charge on any atom is 0.462 e. The Morgan fingerprint density at radius 3 is 0.870 bits per heavy atom. The molecular weight excluding hydrogens is 1170 g/mol. The Morgan fingerprint density at radius 1 is 0.390 bits per heavy atom. The van der Waals surface area contributed by atoms with Crippen LogP contribution in [-0.4, -0.2) is 140 Å². The van der Waals surface area contributed by atoms with Gasteiger partial charge in [-0.15, -0.1) is 39.5 Å². The molecule has 6 nitrogen and oxygen atoms in total. The lowest BCUT2D eigenvalue weighted by molar-refractivity contribution is -0.552. The maximum absolute atomic E-state index is 13.7. The van der Waals surface area contributed by atoms with Gasteiger partial charge in [0.1, 0.15) is 0 Å². The van der Waals surface area contributed by atoms with E-state index in [0.717, 1.165) is 25.7 Å². The van der Waals surface area contributed by atoms with Gasteiger partial charge in [-0.05, 0) is 6.92 Å². The van der Waals surface area contributed by atoms with Crippen molar-refractivity contribution in [2.24, 2.45) is 0 Å². The topological polar surface area (TPSA) is 55.4 Å². The molecule has 0 saturated heterocycles. The molecule has 0 N–H and O–H groups in total. The molecule has 0 radical (unpaired) electrons. The first kappa shape index (κ1) is 97.4. The van der Waals surface area contributed by atoms with Crippen LogP contribution in [0.15, 0.2) is 103 Å². The zero-order chi connectivity index (χ0) is 65.6. The van der Waals surface area contributed by atoms with Gasteiger partial charge in [0.2, 0.25) is 0 Å². The van der Waals surface area contributed by atoms with Crippen molar-refractivity contribution in [2.45, 2.75) is 85.3 Å². The number of ether oxygens (including phenoxy) is 6. The molecule has 3 unspecified atom stereocenters. The summed E-state index contributed by atoms with van der Waals surface area (Å²) < 4.78 is 402. The number of hydrogen-bond donors (Lipinski definition) is 0. The van der Waals surface area contributed by atoms with Crippen LogP contribution in [0.4, 0.5) is 140 Å². The van der Waals surface area contributed by atoms with Crippen LogP contribution in [0.2, 0.25) is 0 Å². The average molecular weight is 1220 g/mol. The third kappa shape index (κ3) is 43.5. The minimum Gasteiger partial charge on any atom is -0.495 e. The minimum atomic E-state index is -7.89. The molecule has 0 amide bonds. The first-order valence-corrected chi connectivity index (χ1v) is 17.8. The van der Waals surface area contributed by atoms with Gasteiger partial charge >= 0.3 is 72.3 Å². The van der Waals surface area contributed by atoms with Crippen molar-refractivity contribution in [1.82, 2.24) is 0 Å². The number of halogens is 32. The SMILES string of the molecule is C=C.C=C.C=C.C=CC(F)(F)F.C=COC(C)C(F)(F)CF.C=COCC(F)(F)CF.C=COCC(F)(F)CF.C=COCC(F)(OC(F)(F)C(F)(OC(F)(F)C(F)(F)C(F)(F)F)C(F)(F)F)C(F)(F)F.CF.CF.CF. The summed E-state index contributed by atoms with van der Waals surface area (Å²) in [6.07, 6.45) is -41.0. The van der Waals surface area contributed by atoms with Crippen molar-refractivity contribution in [3.8, 4) is 0 Å². The van der Waals surface area contributed by atoms with Crippen molar-refractivity contribution >= 4 is 0 Å². The molecule has 77 heavy (non-hydrogen) atoms. The first-order valence-electron chi connectivity index (χ1n) is 17.8. The fourth-order valence-electron chi connectivity index (χ4n) is 2.08. The van der Waals surface area contributed by atoms with Crippen molar-refractivity contribution in [3.05, 3.63) is 103 Å². The van der Waals surface area contributed by atoms with Gasteiger partial charge in [0.15, 0.2) is 45.9 Å². The molecule has 0 aromatic carbocycles. The highest BCUT2D eigenvalue weighted by molar-refractivity contribution is 4.95. The van der Waals surface area contributed by atoms with Gasteiger partial charge < -0.3 is 18.9 Å². The molecule has 0 aromatic rings. The van der Waals surface area contributed by atoms with Crippen LogP contribution in [0.25, 0.3) is 0 Å². The van der Waals surface area contributed by atoms with Gasteiger partial charge in [-0.1, -0.05) is 32.9 Å². The second-order valence-electron chi connectivity index (χ2n) is 10.6. The second kappa shape index (κ2) is 45.8. The van der Waals surface area contributed by atoms with Crippen LogP contribution in [-0.2, 0) is 28.4 Å². The Kier molecular flexibility index (Phi) is 57.9. The lowest BCUT2D eigenvalue weighted by Gasteiger charge is -2.40. The van der Waals surface area contributed by atoms with E-state index in [1.807, 2.05) is 4.74 Å². The smallest absolute Gasteiger partial charge is 0.462 e. The summed E-state index contributed by atoms with van der Waals surface area (Å²) in [7, 11) is 1.50. The zero-order valence-corrected chi connectivity index (χ0v) is 40.0. The van der Waals surface area contributed by atoms with E-state index in [-0.39, 0.29) is 12.3 Å². The number of rotatable bonds is 21. The van der Waals surface area contributed by atoms with Gasteiger partial charge in [-0.2, -0.15) is 114 Å². The maximum atomic E-state index is 13.7. The minimum absolute atomic E-state index is 0.0625. The van der Waals surface area contributed by atoms with Crippen LogP contribution in [0, 0.1) is 0 Å². The number of allylic oxidation sites excluding steroid dienone is 1. The third-order valence-electron chi connectivity index (χ3n) is 5.35. The predicted octanol–water partition coefficient (Wildman–Crippen LogP) is 17.6. The summed E-state index contributed by atoms with van der Waals surface area (Å²) in [5.74, 6) is -32.0. The van der Waals surface area contributed by atoms with Crippen molar-refractivity contribution in [1.29, 1.82) is 0 Å². The monoisotopic (exact) mass is 1220 g/mol. The highest BCUT2D eigenvalue weighted by atomic mass is 19.4. The second-order valence-corrected chi connectivity index (χ2v) is 10.6. The van der Waals surface area contributed by atoms with E-state index in [4.69, 9.17) is 0 Å². The number of hydrogen-bond acceptors (Lipinski definition) is 6. The molecule has 0 fully saturated rings. The number of alkyl halides is 32. The lowest BCUT2D eigenvalue weighted by atomic mass is 10.2. The summed E-state index contributed by atoms with van der Waals surface area (Å²) in [5, 5.41) is 0. The van der Waals surface area contributed by atoms with Gasteiger partial charge in [0.05, 0.1) is 46.6 Å². The fraction of sp³-hybridized carbons (Fsp3) is 0.590. The van der Waals surface area contributed by atoms with Crippen molar-refractivity contribution in [3.63, 3.8) is 0 Å². The molecule has 38 heteroatoms. The molecule has 468 valence electrons. The molecule has 0 rings (SSSR count). The quantitative estimate of drug-likeness (QED) is 0.0649. The average Bonchev–Trinajstić information content (AvgIpc) is 3.35. The van der Waals surface area contributed by atoms with Crippen LogP contribution in [0.1, 0.15) is 6.92 Å².